The van der Waals surface area contributed by atoms with E-state index in [-0.39, 0.29) is 28.4 Å². The first kappa shape index (κ1) is 25.4. The molecule has 0 saturated heterocycles. The Morgan fingerprint density at radius 2 is 1.92 bits per heavy atom. The summed E-state index contributed by atoms with van der Waals surface area (Å²) in [6.07, 6.45) is -2.66. The first-order valence-electron chi connectivity index (χ1n) is 12.0. The number of benzene rings is 1. The molecule has 0 radical (unpaired) electrons. The molecule has 0 saturated carbocycles. The molecular formula is C26H25F3N8O. The maximum absolute atomic E-state index is 13.6. The van der Waals surface area contributed by atoms with Gasteiger partial charge in [0.1, 0.15) is 18.0 Å². The van der Waals surface area contributed by atoms with E-state index in [0.717, 1.165) is 24.2 Å². The lowest BCUT2D eigenvalue weighted by Gasteiger charge is -2.20. The molecule has 38 heavy (non-hydrogen) atoms. The third kappa shape index (κ3) is 4.84. The van der Waals surface area contributed by atoms with E-state index in [9.17, 15) is 23.2 Å². The number of rotatable bonds is 4. The first-order chi connectivity index (χ1) is 17.9. The molecule has 0 amide bonds. The lowest BCUT2D eigenvalue weighted by molar-refractivity contribution is -0.144. The van der Waals surface area contributed by atoms with Crippen LogP contribution in [-0.4, -0.2) is 37.0 Å². The Bertz CT molecular complexity index is 1640. The molecule has 1 aliphatic rings. The Kier molecular flexibility index (Phi) is 6.19. The molecule has 0 unspecified atom stereocenters. The molecule has 0 fully saturated rings. The van der Waals surface area contributed by atoms with Gasteiger partial charge in [0.25, 0.3) is 5.56 Å². The molecule has 0 aliphatic carbocycles. The average Bonchev–Trinajstić information content (AvgIpc) is 3.12. The normalized spacial score (nSPS) is 13.8. The zero-order valence-electron chi connectivity index (χ0n) is 21.0. The molecule has 2 N–H and O–H groups in total. The Labute approximate surface area is 215 Å². The smallest absolute Gasteiger partial charge is 0.324 e. The van der Waals surface area contributed by atoms with Crippen molar-refractivity contribution in [2.75, 3.05) is 11.9 Å². The Hall–Kier alpha value is -4.24. The van der Waals surface area contributed by atoms with Crippen LogP contribution >= 0.6 is 0 Å². The van der Waals surface area contributed by atoms with Gasteiger partial charge in [-0.15, -0.1) is 0 Å². The number of alkyl halides is 3. The summed E-state index contributed by atoms with van der Waals surface area (Å²) >= 11 is 0. The maximum atomic E-state index is 13.6. The van der Waals surface area contributed by atoms with Gasteiger partial charge in [-0.25, -0.2) is 19.3 Å². The van der Waals surface area contributed by atoms with Crippen molar-refractivity contribution in [3.05, 3.63) is 69.3 Å². The molecule has 196 valence electrons. The van der Waals surface area contributed by atoms with Crippen molar-refractivity contribution < 1.29 is 13.2 Å². The van der Waals surface area contributed by atoms with Gasteiger partial charge in [-0.1, -0.05) is 26.8 Å². The van der Waals surface area contributed by atoms with Gasteiger partial charge in [0, 0.05) is 29.5 Å². The predicted molar refractivity (Wildman–Crippen MR) is 136 cm³/mol. The number of pyridine rings is 1. The van der Waals surface area contributed by atoms with Crippen LogP contribution in [0, 0.1) is 11.3 Å². The van der Waals surface area contributed by atoms with Gasteiger partial charge >= 0.3 is 6.18 Å². The van der Waals surface area contributed by atoms with Crippen LogP contribution in [0.3, 0.4) is 0 Å². The van der Waals surface area contributed by atoms with Crippen molar-refractivity contribution in [1.82, 2.24) is 29.6 Å². The van der Waals surface area contributed by atoms with Crippen LogP contribution < -0.4 is 16.2 Å². The quantitative estimate of drug-likeness (QED) is 0.415. The molecule has 1 aromatic carbocycles. The Morgan fingerprint density at radius 1 is 1.13 bits per heavy atom. The highest BCUT2D eigenvalue weighted by Crippen LogP contribution is 2.27. The third-order valence-corrected chi connectivity index (χ3v) is 6.32. The fourth-order valence-corrected chi connectivity index (χ4v) is 4.42. The highest BCUT2D eigenvalue weighted by Gasteiger charge is 2.33. The van der Waals surface area contributed by atoms with Gasteiger partial charge < -0.3 is 10.6 Å². The fourth-order valence-electron chi connectivity index (χ4n) is 4.42. The summed E-state index contributed by atoms with van der Waals surface area (Å²) in [5, 5.41) is 16.0. The topological polar surface area (TPSA) is 113 Å². The summed E-state index contributed by atoms with van der Waals surface area (Å²) in [6, 6.07) is 10.9. The van der Waals surface area contributed by atoms with Crippen molar-refractivity contribution in [1.29, 1.82) is 5.26 Å². The number of nitrogens with one attached hydrogen (secondary N) is 2. The number of aromatic nitrogens is 5. The van der Waals surface area contributed by atoms with E-state index in [4.69, 9.17) is 0 Å². The molecule has 5 rings (SSSR count). The highest BCUT2D eigenvalue weighted by atomic mass is 19.4. The molecule has 1 aliphatic heterocycles. The van der Waals surface area contributed by atoms with Crippen LogP contribution in [0.2, 0.25) is 0 Å². The Balaban J connectivity index is 1.70. The molecule has 0 atom stereocenters. The Morgan fingerprint density at radius 3 is 2.63 bits per heavy atom. The number of hydrogen-bond acceptors (Lipinski definition) is 7. The molecule has 0 spiro atoms. The monoisotopic (exact) mass is 522 g/mol. The van der Waals surface area contributed by atoms with Crippen molar-refractivity contribution in [2.24, 2.45) is 0 Å². The number of halogens is 3. The molecule has 0 bridgehead atoms. The van der Waals surface area contributed by atoms with Gasteiger partial charge in [0.15, 0.2) is 11.5 Å². The second-order valence-corrected chi connectivity index (χ2v) is 10.2. The summed E-state index contributed by atoms with van der Waals surface area (Å²) < 4.78 is 42.3. The lowest BCUT2D eigenvalue weighted by atomic mass is 9.91. The number of hydrogen-bond donors (Lipinski definition) is 2. The first-order valence-corrected chi connectivity index (χ1v) is 12.0. The van der Waals surface area contributed by atoms with Gasteiger partial charge in [0.05, 0.1) is 5.56 Å². The molecular weight excluding hydrogens is 497 g/mol. The minimum absolute atomic E-state index is 0.00208. The van der Waals surface area contributed by atoms with E-state index < -0.39 is 23.7 Å². The van der Waals surface area contributed by atoms with Crippen LogP contribution in [0.5, 0.6) is 0 Å². The minimum Gasteiger partial charge on any atom is -0.324 e. The largest absolute Gasteiger partial charge is 0.408 e. The van der Waals surface area contributed by atoms with Crippen molar-refractivity contribution in [3.8, 4) is 11.9 Å². The van der Waals surface area contributed by atoms with E-state index in [1.165, 1.54) is 23.4 Å². The summed E-state index contributed by atoms with van der Waals surface area (Å²) in [7, 11) is 0. The van der Waals surface area contributed by atoms with Gasteiger partial charge in [-0.2, -0.15) is 23.4 Å². The van der Waals surface area contributed by atoms with E-state index in [2.05, 4.69) is 25.6 Å². The van der Waals surface area contributed by atoms with Crippen molar-refractivity contribution in [3.63, 3.8) is 0 Å². The number of nitriles is 1. The number of anilines is 2. The van der Waals surface area contributed by atoms with Crippen molar-refractivity contribution in [2.45, 2.75) is 51.9 Å². The minimum atomic E-state index is -4.71. The van der Waals surface area contributed by atoms with Crippen molar-refractivity contribution >= 4 is 22.7 Å². The second kappa shape index (κ2) is 9.25. The van der Waals surface area contributed by atoms with Gasteiger partial charge in [-0.3, -0.25) is 4.79 Å². The van der Waals surface area contributed by atoms with E-state index in [0.29, 0.717) is 16.1 Å². The molecule has 12 heteroatoms. The lowest BCUT2D eigenvalue weighted by Crippen LogP contribution is -2.31. The van der Waals surface area contributed by atoms with Crippen LogP contribution in [0.1, 0.15) is 43.2 Å². The zero-order valence-corrected chi connectivity index (χ0v) is 21.0. The molecule has 9 nitrogen and oxygen atoms in total. The summed E-state index contributed by atoms with van der Waals surface area (Å²) in [4.78, 5) is 26.3. The van der Waals surface area contributed by atoms with Gasteiger partial charge in [-0.05, 0) is 48.4 Å². The van der Waals surface area contributed by atoms with E-state index in [1.807, 2.05) is 45.0 Å². The highest BCUT2D eigenvalue weighted by molar-refractivity contribution is 5.77. The standard InChI is InChI=1S/C26H25F3N8O/c1-25(2,3)20-7-5-16(11-30)21(34-20)37-22-19(23(38)36(37)14-26(27,28)29)13-32-24(35-22)33-18-6-4-17-12-31-9-8-15(17)10-18/h4-7,10,13,31H,8-9,12,14H2,1-3H3,(H,32,33,35). The third-order valence-electron chi connectivity index (χ3n) is 6.32. The maximum Gasteiger partial charge on any atom is 0.408 e. The van der Waals surface area contributed by atoms with E-state index in [1.54, 1.807) is 6.07 Å². The summed E-state index contributed by atoms with van der Waals surface area (Å²) in [6.45, 7) is 5.72. The summed E-state index contributed by atoms with van der Waals surface area (Å²) in [5.74, 6) is -0.0167. The van der Waals surface area contributed by atoms with Crippen LogP contribution in [0.15, 0.2) is 41.3 Å². The molecule has 4 heterocycles. The zero-order chi connectivity index (χ0) is 27.2. The van der Waals surface area contributed by atoms with Crippen LogP contribution in [0.4, 0.5) is 24.8 Å². The second-order valence-electron chi connectivity index (χ2n) is 10.2. The van der Waals surface area contributed by atoms with E-state index >= 15 is 0 Å². The van der Waals surface area contributed by atoms with Gasteiger partial charge in [0.2, 0.25) is 5.95 Å². The predicted octanol–water partition coefficient (Wildman–Crippen LogP) is 4.10. The fraction of sp³-hybridized carbons (Fsp3) is 0.346. The average molecular weight is 523 g/mol. The molecule has 3 aromatic heterocycles. The summed E-state index contributed by atoms with van der Waals surface area (Å²) in [5.41, 5.74) is 2.11. The number of fused-ring (bicyclic) bond motifs is 2. The molecule has 4 aromatic rings. The SMILES string of the molecule is CC(C)(C)c1ccc(C#N)c(-n2c3nc(Nc4ccc5c(c4)CCNC5)ncc3c(=O)n2CC(F)(F)F)n1. The number of nitrogens with zero attached hydrogens (tertiary/aromatic N) is 6. The van der Waals surface area contributed by atoms with Crippen LogP contribution in [0.25, 0.3) is 16.9 Å². The van der Waals surface area contributed by atoms with Crippen LogP contribution in [-0.2, 0) is 24.9 Å².